The largest absolute Gasteiger partial charge is 0.456 e. The van der Waals surface area contributed by atoms with Crippen LogP contribution in [0, 0.1) is 0 Å². The first-order valence-electron chi connectivity index (χ1n) is 24.0. The van der Waals surface area contributed by atoms with Gasteiger partial charge in [-0.2, -0.15) is 0 Å². The van der Waals surface area contributed by atoms with Crippen LogP contribution in [-0.4, -0.2) is 9.97 Å². The Bertz CT molecular complexity index is 4270. The molecular weight excluding hydrogens is 849 g/mol. The van der Waals surface area contributed by atoms with Gasteiger partial charge in [-0.3, -0.25) is 0 Å². The minimum atomic E-state index is -0.394. The van der Waals surface area contributed by atoms with Crippen LogP contribution >= 0.6 is 0 Å². The van der Waals surface area contributed by atoms with E-state index in [-0.39, 0.29) is 0 Å². The summed E-state index contributed by atoms with van der Waals surface area (Å²) in [7, 11) is 0. The molecule has 2 aromatic heterocycles. The van der Waals surface area contributed by atoms with Crippen molar-refractivity contribution < 1.29 is 4.42 Å². The van der Waals surface area contributed by atoms with Gasteiger partial charge in [0.15, 0.2) is 5.82 Å². The molecule has 11 aromatic carbocycles. The molecule has 0 fully saturated rings. The van der Waals surface area contributed by atoms with Crippen molar-refractivity contribution in [3.8, 4) is 78.4 Å². The number of nitrogens with zero attached hydrogens (tertiary/aromatic N) is 2. The van der Waals surface area contributed by atoms with Crippen molar-refractivity contribution >= 4 is 43.5 Å². The fourth-order valence-electron chi connectivity index (χ4n) is 12.1. The predicted octanol–water partition coefficient (Wildman–Crippen LogP) is 17.4. The third-order valence-electron chi connectivity index (χ3n) is 15.1. The first kappa shape index (κ1) is 38.9. The summed E-state index contributed by atoms with van der Waals surface area (Å²) in [6.45, 7) is 0. The number of benzene rings is 11. The van der Waals surface area contributed by atoms with Gasteiger partial charge in [-0.25, -0.2) is 9.97 Å². The van der Waals surface area contributed by atoms with Crippen LogP contribution in [0.5, 0.6) is 0 Å². The molecule has 2 aliphatic rings. The van der Waals surface area contributed by atoms with Gasteiger partial charge >= 0.3 is 0 Å². The third-order valence-corrected chi connectivity index (χ3v) is 15.1. The predicted molar refractivity (Wildman–Crippen MR) is 288 cm³/mol. The summed E-state index contributed by atoms with van der Waals surface area (Å²) >= 11 is 0. The molecule has 15 rings (SSSR count). The Morgan fingerprint density at radius 3 is 1.66 bits per heavy atom. The van der Waals surface area contributed by atoms with Gasteiger partial charge in [0, 0.05) is 27.5 Å². The van der Waals surface area contributed by atoms with Crippen LogP contribution in [0.25, 0.3) is 122 Å². The Morgan fingerprint density at radius 2 is 0.843 bits per heavy atom. The average Bonchev–Trinajstić information content (AvgIpc) is 4.07. The third kappa shape index (κ3) is 5.57. The van der Waals surface area contributed by atoms with Crippen molar-refractivity contribution in [1.29, 1.82) is 0 Å². The van der Waals surface area contributed by atoms with E-state index in [0.717, 1.165) is 66.7 Å². The van der Waals surface area contributed by atoms with Gasteiger partial charge in [0.2, 0.25) is 0 Å². The minimum absolute atomic E-state index is 0.394. The molecule has 3 nitrogen and oxygen atoms in total. The second-order valence-electron chi connectivity index (χ2n) is 18.7. The molecule has 2 aliphatic carbocycles. The number of rotatable bonds is 5. The molecule has 0 N–H and O–H groups in total. The van der Waals surface area contributed by atoms with Crippen molar-refractivity contribution in [1.82, 2.24) is 9.97 Å². The maximum absolute atomic E-state index is 6.31. The summed E-state index contributed by atoms with van der Waals surface area (Å²) in [5.41, 5.74) is 21.3. The van der Waals surface area contributed by atoms with Gasteiger partial charge in [0.1, 0.15) is 11.2 Å². The van der Waals surface area contributed by atoms with Gasteiger partial charge in [-0.15, -0.1) is 0 Å². The lowest BCUT2D eigenvalue weighted by atomic mass is 9.70. The number of para-hydroxylation sites is 1. The highest BCUT2D eigenvalue weighted by Gasteiger charge is 2.52. The first-order valence-corrected chi connectivity index (χ1v) is 24.0. The number of hydrogen-bond donors (Lipinski definition) is 0. The zero-order valence-electron chi connectivity index (χ0n) is 37.9. The summed E-state index contributed by atoms with van der Waals surface area (Å²) in [4.78, 5) is 10.8. The average molecular weight is 889 g/mol. The fraction of sp³-hybridized carbons (Fsp3) is 0.0149. The van der Waals surface area contributed by atoms with Gasteiger partial charge in [0.25, 0.3) is 0 Å². The molecule has 13 aromatic rings. The lowest BCUT2D eigenvalue weighted by molar-refractivity contribution is 0.669. The summed E-state index contributed by atoms with van der Waals surface area (Å²) < 4.78 is 6.31. The van der Waals surface area contributed by atoms with E-state index in [9.17, 15) is 0 Å². The molecular formula is C67H40N2O. The zero-order valence-corrected chi connectivity index (χ0v) is 37.9. The molecule has 1 spiro atoms. The molecule has 70 heavy (non-hydrogen) atoms. The molecule has 3 heteroatoms. The summed E-state index contributed by atoms with van der Waals surface area (Å²) in [5, 5.41) is 7.08. The minimum Gasteiger partial charge on any atom is -0.456 e. The van der Waals surface area contributed by atoms with E-state index in [4.69, 9.17) is 14.4 Å². The van der Waals surface area contributed by atoms with E-state index in [2.05, 4.69) is 224 Å². The highest BCUT2D eigenvalue weighted by molar-refractivity contribution is 6.13. The monoisotopic (exact) mass is 888 g/mol. The SMILES string of the molecule is c1cc(-c2nc(-c3ccc(-c4cccc5c4-c4ccccc4C54c5ccccc5-c5ccccc54)cc3)cc(-c3ccc4c(ccc5ccccc54)c3)n2)cc(-c2cccc3oc4ccccc4c23)c1. The number of hydrogen-bond acceptors (Lipinski definition) is 3. The van der Waals surface area contributed by atoms with E-state index in [1.807, 2.05) is 18.2 Å². The Balaban J connectivity index is 0.879. The van der Waals surface area contributed by atoms with E-state index >= 15 is 0 Å². The van der Waals surface area contributed by atoms with Crippen LogP contribution in [0.1, 0.15) is 22.3 Å². The van der Waals surface area contributed by atoms with E-state index < -0.39 is 5.41 Å². The lowest BCUT2D eigenvalue weighted by Gasteiger charge is -2.30. The Hall–Kier alpha value is -9.18. The van der Waals surface area contributed by atoms with Crippen LogP contribution in [-0.2, 0) is 5.41 Å². The first-order chi connectivity index (χ1) is 34.7. The molecule has 2 heterocycles. The smallest absolute Gasteiger partial charge is 0.160 e. The van der Waals surface area contributed by atoms with Gasteiger partial charge < -0.3 is 4.42 Å². The van der Waals surface area contributed by atoms with Crippen LogP contribution in [0.2, 0.25) is 0 Å². The molecule has 0 atom stereocenters. The molecule has 0 bridgehead atoms. The molecule has 0 saturated carbocycles. The second-order valence-corrected chi connectivity index (χ2v) is 18.7. The highest BCUT2D eigenvalue weighted by Crippen LogP contribution is 2.64. The lowest BCUT2D eigenvalue weighted by Crippen LogP contribution is -2.25. The van der Waals surface area contributed by atoms with Gasteiger partial charge in [-0.1, -0.05) is 212 Å². The van der Waals surface area contributed by atoms with Gasteiger partial charge in [0.05, 0.1) is 16.8 Å². The Labute approximate surface area is 404 Å². The number of furan rings is 1. The number of aromatic nitrogens is 2. The molecule has 324 valence electrons. The van der Waals surface area contributed by atoms with Crippen molar-refractivity contribution in [3.63, 3.8) is 0 Å². The van der Waals surface area contributed by atoms with Crippen LogP contribution in [0.4, 0.5) is 0 Å². The van der Waals surface area contributed by atoms with E-state index in [0.29, 0.717) is 5.82 Å². The van der Waals surface area contributed by atoms with Crippen LogP contribution < -0.4 is 0 Å². The van der Waals surface area contributed by atoms with Crippen LogP contribution in [0.3, 0.4) is 0 Å². The van der Waals surface area contributed by atoms with Crippen LogP contribution in [0.15, 0.2) is 247 Å². The molecule has 0 saturated heterocycles. The number of fused-ring (bicyclic) bond motifs is 16. The molecule has 0 amide bonds. The van der Waals surface area contributed by atoms with Gasteiger partial charge in [-0.05, 0) is 119 Å². The fourth-order valence-corrected chi connectivity index (χ4v) is 12.1. The summed E-state index contributed by atoms with van der Waals surface area (Å²) in [5.74, 6) is 0.668. The maximum Gasteiger partial charge on any atom is 0.160 e. The Kier molecular flexibility index (Phi) is 8.28. The quantitative estimate of drug-likeness (QED) is 0.162. The maximum atomic E-state index is 6.31. The standard InChI is InChI=1S/C67H40N2O/c1-2-17-48-41(14-1)32-35-45-38-46(36-37-49(45)48)61-40-60(68-66(69-61)47-16-11-15-44(39-47)51-23-13-29-63-65(51)55-21-6-10-28-62(55)70-63)43-33-30-42(31-34-43)50-22-12-27-59-64(50)54-20-5-9-26-58(54)67(59)56-24-7-3-18-52(56)53-19-4-8-25-57(53)67/h1-40H. The topological polar surface area (TPSA) is 38.9 Å². The molecule has 0 aliphatic heterocycles. The van der Waals surface area contributed by atoms with E-state index in [1.54, 1.807) is 0 Å². The highest BCUT2D eigenvalue weighted by atomic mass is 16.3. The summed E-state index contributed by atoms with van der Waals surface area (Å²) in [6.07, 6.45) is 0. The zero-order chi connectivity index (χ0) is 45.9. The van der Waals surface area contributed by atoms with Crippen molar-refractivity contribution in [2.45, 2.75) is 5.41 Å². The molecule has 0 radical (unpaired) electrons. The second kappa shape index (κ2) is 14.9. The van der Waals surface area contributed by atoms with Crippen molar-refractivity contribution in [2.75, 3.05) is 0 Å². The van der Waals surface area contributed by atoms with Crippen molar-refractivity contribution in [2.24, 2.45) is 0 Å². The van der Waals surface area contributed by atoms with E-state index in [1.165, 1.54) is 71.6 Å². The summed E-state index contributed by atoms with van der Waals surface area (Å²) in [6, 6.07) is 88.0. The normalized spacial score (nSPS) is 13.0. The van der Waals surface area contributed by atoms with Crippen molar-refractivity contribution in [3.05, 3.63) is 265 Å². The molecule has 0 unspecified atom stereocenters. The Morgan fingerprint density at radius 1 is 0.300 bits per heavy atom.